The van der Waals surface area contributed by atoms with Gasteiger partial charge in [0, 0.05) is 11.7 Å². The molecule has 2 rings (SSSR count). The molecule has 114 valence electrons. The van der Waals surface area contributed by atoms with E-state index in [1.165, 1.54) is 6.07 Å². The Hall–Kier alpha value is -1.75. The van der Waals surface area contributed by atoms with E-state index < -0.39 is 11.6 Å². The van der Waals surface area contributed by atoms with Gasteiger partial charge in [-0.25, -0.2) is 8.78 Å². The monoisotopic (exact) mass is 293 g/mol. The lowest BCUT2D eigenvalue weighted by Crippen LogP contribution is -2.22. The van der Waals surface area contributed by atoms with Gasteiger partial charge in [-0.15, -0.1) is 0 Å². The molecule has 21 heavy (non-hydrogen) atoms. The summed E-state index contributed by atoms with van der Waals surface area (Å²) in [5, 5.41) is 4.49. The van der Waals surface area contributed by atoms with Gasteiger partial charge in [0.05, 0.1) is 12.2 Å². The summed E-state index contributed by atoms with van der Waals surface area (Å²) in [4.78, 5) is 0. The average molecular weight is 293 g/mol. The Morgan fingerprint density at radius 2 is 1.95 bits per heavy atom. The van der Waals surface area contributed by atoms with Crippen LogP contribution in [0.3, 0.4) is 0 Å². The Morgan fingerprint density at radius 1 is 1.24 bits per heavy atom. The van der Waals surface area contributed by atoms with Crippen molar-refractivity contribution in [2.24, 2.45) is 5.73 Å². The molecule has 1 unspecified atom stereocenters. The van der Waals surface area contributed by atoms with Gasteiger partial charge < -0.3 is 5.73 Å². The normalized spacial score (nSPS) is 12.7. The lowest BCUT2D eigenvalue weighted by molar-refractivity contribution is 0.505. The van der Waals surface area contributed by atoms with E-state index in [4.69, 9.17) is 5.73 Å². The minimum Gasteiger partial charge on any atom is -0.327 e. The number of hydrogen-bond donors (Lipinski definition) is 1. The third kappa shape index (κ3) is 3.47. The van der Waals surface area contributed by atoms with Crippen molar-refractivity contribution < 1.29 is 8.78 Å². The first-order valence-corrected chi connectivity index (χ1v) is 7.14. The van der Waals surface area contributed by atoms with Crippen molar-refractivity contribution in [3.8, 4) is 0 Å². The maximum atomic E-state index is 13.3. The highest BCUT2D eigenvalue weighted by Crippen LogP contribution is 2.18. The molecule has 0 bridgehead atoms. The number of aromatic nitrogens is 2. The molecule has 5 heteroatoms. The maximum Gasteiger partial charge on any atom is 0.159 e. The number of nitrogens with zero attached hydrogens (tertiary/aromatic N) is 2. The molecule has 0 saturated heterocycles. The minimum atomic E-state index is -0.832. The number of halogens is 2. The molecule has 0 aliphatic heterocycles. The third-order valence-corrected chi connectivity index (χ3v) is 3.84. The Labute approximate surface area is 123 Å². The molecule has 0 radical (unpaired) electrons. The molecule has 1 aromatic heterocycles. The number of nitrogens with two attached hydrogens (primary N) is 1. The second kappa shape index (κ2) is 6.35. The van der Waals surface area contributed by atoms with E-state index in [2.05, 4.69) is 12.0 Å². The number of hydrogen-bond acceptors (Lipinski definition) is 2. The molecule has 1 aromatic carbocycles. The molecule has 0 fully saturated rings. The van der Waals surface area contributed by atoms with Gasteiger partial charge in [0.15, 0.2) is 11.6 Å². The molecule has 2 aromatic rings. The van der Waals surface area contributed by atoms with E-state index >= 15 is 0 Å². The second-order valence-electron chi connectivity index (χ2n) is 5.43. The summed E-state index contributed by atoms with van der Waals surface area (Å²) in [7, 11) is 0. The molecule has 0 spiro atoms. The first kappa shape index (κ1) is 15.6. The Balaban J connectivity index is 2.24. The van der Waals surface area contributed by atoms with Gasteiger partial charge in [0.1, 0.15) is 0 Å². The summed E-state index contributed by atoms with van der Waals surface area (Å²) in [5.74, 6) is -1.66. The standard InChI is InChI=1S/C16H21F2N3/c1-4-13(19)8-14-10(2)20-21(11(14)3)9-12-5-6-15(17)16(18)7-12/h5-7,13H,4,8-9,19H2,1-3H3. The van der Waals surface area contributed by atoms with Gasteiger partial charge in [0.2, 0.25) is 0 Å². The smallest absolute Gasteiger partial charge is 0.159 e. The fraction of sp³-hybridized carbons (Fsp3) is 0.438. The van der Waals surface area contributed by atoms with Crippen molar-refractivity contribution in [2.45, 2.75) is 46.2 Å². The predicted molar refractivity (Wildman–Crippen MR) is 79.1 cm³/mol. The fourth-order valence-electron chi connectivity index (χ4n) is 2.40. The molecule has 0 amide bonds. The van der Waals surface area contributed by atoms with Crippen LogP contribution in [-0.4, -0.2) is 15.8 Å². The summed E-state index contributed by atoms with van der Waals surface area (Å²) in [6.07, 6.45) is 1.69. The lowest BCUT2D eigenvalue weighted by atomic mass is 10.0. The first-order valence-electron chi connectivity index (χ1n) is 7.14. The van der Waals surface area contributed by atoms with E-state index in [0.29, 0.717) is 12.1 Å². The highest BCUT2D eigenvalue weighted by Gasteiger charge is 2.14. The minimum absolute atomic E-state index is 0.114. The summed E-state index contributed by atoms with van der Waals surface area (Å²) < 4.78 is 28.0. The van der Waals surface area contributed by atoms with Crippen LogP contribution in [0.2, 0.25) is 0 Å². The van der Waals surface area contributed by atoms with Crippen molar-refractivity contribution in [3.05, 3.63) is 52.3 Å². The van der Waals surface area contributed by atoms with Gasteiger partial charge in [-0.05, 0) is 49.9 Å². The Morgan fingerprint density at radius 3 is 2.57 bits per heavy atom. The van der Waals surface area contributed by atoms with Crippen molar-refractivity contribution in [1.82, 2.24) is 9.78 Å². The van der Waals surface area contributed by atoms with Gasteiger partial charge in [-0.3, -0.25) is 4.68 Å². The zero-order valence-electron chi connectivity index (χ0n) is 12.7. The van der Waals surface area contributed by atoms with Crippen molar-refractivity contribution in [2.75, 3.05) is 0 Å². The van der Waals surface area contributed by atoms with Gasteiger partial charge in [-0.1, -0.05) is 13.0 Å². The molecule has 0 aliphatic rings. The zero-order valence-corrected chi connectivity index (χ0v) is 12.7. The summed E-state index contributed by atoms with van der Waals surface area (Å²) in [6.45, 7) is 6.41. The van der Waals surface area contributed by atoms with Crippen LogP contribution in [0.4, 0.5) is 8.78 Å². The fourth-order valence-corrected chi connectivity index (χ4v) is 2.40. The van der Waals surface area contributed by atoms with Crippen LogP contribution in [0, 0.1) is 25.5 Å². The predicted octanol–water partition coefficient (Wildman–Crippen LogP) is 3.11. The van der Waals surface area contributed by atoms with E-state index in [9.17, 15) is 8.78 Å². The quantitative estimate of drug-likeness (QED) is 0.920. The van der Waals surface area contributed by atoms with E-state index in [1.54, 1.807) is 6.07 Å². The average Bonchev–Trinajstić information content (AvgIpc) is 2.70. The molecule has 1 heterocycles. The van der Waals surface area contributed by atoms with Gasteiger partial charge in [0.25, 0.3) is 0 Å². The highest BCUT2D eigenvalue weighted by atomic mass is 19.2. The van der Waals surface area contributed by atoms with Crippen molar-refractivity contribution >= 4 is 0 Å². The van der Waals surface area contributed by atoms with Crippen LogP contribution in [0.25, 0.3) is 0 Å². The Bertz CT molecular complexity index is 635. The van der Waals surface area contributed by atoms with Crippen LogP contribution in [0.1, 0.15) is 35.9 Å². The van der Waals surface area contributed by atoms with Crippen LogP contribution < -0.4 is 5.73 Å². The number of aryl methyl sites for hydroxylation is 1. The molecule has 0 saturated carbocycles. The van der Waals surface area contributed by atoms with E-state index in [1.807, 2.05) is 18.5 Å². The van der Waals surface area contributed by atoms with E-state index in [0.717, 1.165) is 35.9 Å². The van der Waals surface area contributed by atoms with Crippen LogP contribution in [0.5, 0.6) is 0 Å². The van der Waals surface area contributed by atoms with Gasteiger partial charge >= 0.3 is 0 Å². The van der Waals surface area contributed by atoms with E-state index in [-0.39, 0.29) is 6.04 Å². The summed E-state index contributed by atoms with van der Waals surface area (Å²) >= 11 is 0. The zero-order chi connectivity index (χ0) is 15.6. The Kier molecular flexibility index (Phi) is 4.73. The molecule has 2 N–H and O–H groups in total. The second-order valence-corrected chi connectivity index (χ2v) is 5.43. The molecule has 3 nitrogen and oxygen atoms in total. The van der Waals surface area contributed by atoms with Crippen LogP contribution in [-0.2, 0) is 13.0 Å². The largest absolute Gasteiger partial charge is 0.327 e. The van der Waals surface area contributed by atoms with Crippen molar-refractivity contribution in [3.63, 3.8) is 0 Å². The highest BCUT2D eigenvalue weighted by molar-refractivity contribution is 5.27. The van der Waals surface area contributed by atoms with Crippen LogP contribution >= 0.6 is 0 Å². The summed E-state index contributed by atoms with van der Waals surface area (Å²) in [5.41, 5.74) is 9.82. The number of rotatable bonds is 5. The summed E-state index contributed by atoms with van der Waals surface area (Å²) in [6, 6.07) is 4.04. The molecular formula is C16H21F2N3. The van der Waals surface area contributed by atoms with Crippen molar-refractivity contribution in [1.29, 1.82) is 0 Å². The number of benzene rings is 1. The first-order chi connectivity index (χ1) is 9.92. The SMILES string of the molecule is CCC(N)Cc1c(C)nn(Cc2ccc(F)c(F)c2)c1C. The maximum absolute atomic E-state index is 13.3. The molecule has 0 aliphatic carbocycles. The molecular weight excluding hydrogens is 272 g/mol. The third-order valence-electron chi connectivity index (χ3n) is 3.84. The van der Waals surface area contributed by atoms with Crippen LogP contribution in [0.15, 0.2) is 18.2 Å². The van der Waals surface area contributed by atoms with Gasteiger partial charge in [-0.2, -0.15) is 5.10 Å². The molecule has 1 atom stereocenters. The topological polar surface area (TPSA) is 43.8 Å². The lowest BCUT2D eigenvalue weighted by Gasteiger charge is -2.09.